The topological polar surface area (TPSA) is 66.1 Å². The van der Waals surface area contributed by atoms with Gasteiger partial charge in [0.05, 0.1) is 6.04 Å². The largest absolute Gasteiger partial charge is 0.454 e. The predicted octanol–water partition coefficient (Wildman–Crippen LogP) is 4.26. The standard InChI is InChI=1S/C31H41ClN4O3/c1-2-14-35-15-11-27(12-16-35)36-21-26(34-20-25(32)17-23-6-4-3-5-7-23)19-28(36)31(37)33-13-10-24-8-9-29-30(18-24)39-22-38-29/h3-9,17-18,26-28,34H,2,10-16,19-22H2,1H3,(H,33,37)/t26-,28-/m0/s1. The van der Waals surface area contributed by atoms with Gasteiger partial charge in [-0.3, -0.25) is 9.69 Å². The van der Waals surface area contributed by atoms with Crippen LogP contribution in [0.25, 0.3) is 6.08 Å². The minimum atomic E-state index is -0.126. The third-order valence-electron chi connectivity index (χ3n) is 8.04. The Bertz CT molecular complexity index is 1120. The fourth-order valence-electron chi connectivity index (χ4n) is 6.03. The molecule has 0 aromatic heterocycles. The molecule has 2 N–H and O–H groups in total. The SMILES string of the molecule is CCCN1CCC(N2C[C@@H](NCC(Cl)=Cc3ccccc3)C[C@H]2C(=O)NCCc2ccc3c(c2)OCO3)CC1. The fourth-order valence-corrected chi connectivity index (χ4v) is 6.23. The zero-order valence-electron chi connectivity index (χ0n) is 22.9. The van der Waals surface area contributed by atoms with Crippen LogP contribution < -0.4 is 20.1 Å². The molecule has 0 spiro atoms. The number of rotatable bonds is 11. The Morgan fingerprint density at radius 3 is 2.69 bits per heavy atom. The number of hydrogen-bond donors (Lipinski definition) is 2. The second kappa shape index (κ2) is 13.7. The highest BCUT2D eigenvalue weighted by Crippen LogP contribution is 2.32. The van der Waals surface area contributed by atoms with Crippen LogP contribution in [0.2, 0.25) is 0 Å². The summed E-state index contributed by atoms with van der Waals surface area (Å²) >= 11 is 6.57. The first-order valence-corrected chi connectivity index (χ1v) is 14.8. The van der Waals surface area contributed by atoms with Gasteiger partial charge in [0, 0.05) is 36.8 Å². The van der Waals surface area contributed by atoms with Crippen molar-refractivity contribution in [1.29, 1.82) is 0 Å². The Balaban J connectivity index is 1.18. The minimum Gasteiger partial charge on any atom is -0.454 e. The number of carbonyl (C=O) groups is 1. The number of ether oxygens (including phenoxy) is 2. The summed E-state index contributed by atoms with van der Waals surface area (Å²) in [4.78, 5) is 18.5. The summed E-state index contributed by atoms with van der Waals surface area (Å²) in [7, 11) is 0. The summed E-state index contributed by atoms with van der Waals surface area (Å²) in [6.07, 6.45) is 6.97. The van der Waals surface area contributed by atoms with Gasteiger partial charge in [-0.2, -0.15) is 0 Å². The van der Waals surface area contributed by atoms with Crippen LogP contribution in [-0.2, 0) is 11.2 Å². The number of carbonyl (C=O) groups excluding carboxylic acids is 1. The number of nitrogens with one attached hydrogen (secondary N) is 2. The van der Waals surface area contributed by atoms with E-state index in [1.54, 1.807) is 0 Å². The Morgan fingerprint density at radius 2 is 1.90 bits per heavy atom. The lowest BCUT2D eigenvalue weighted by molar-refractivity contribution is -0.126. The quantitative estimate of drug-likeness (QED) is 0.434. The number of nitrogens with zero attached hydrogens (tertiary/aromatic N) is 2. The van der Waals surface area contributed by atoms with Crippen molar-refractivity contribution in [3.63, 3.8) is 0 Å². The monoisotopic (exact) mass is 552 g/mol. The van der Waals surface area contributed by atoms with Crippen LogP contribution in [0.1, 0.15) is 43.7 Å². The van der Waals surface area contributed by atoms with Crippen LogP contribution in [0.5, 0.6) is 11.5 Å². The molecule has 0 saturated carbocycles. The highest BCUT2D eigenvalue weighted by atomic mass is 35.5. The molecule has 39 heavy (non-hydrogen) atoms. The van der Waals surface area contributed by atoms with Crippen molar-refractivity contribution < 1.29 is 14.3 Å². The first kappa shape index (κ1) is 28.0. The number of hydrogen-bond acceptors (Lipinski definition) is 6. The number of halogens is 1. The van der Waals surface area contributed by atoms with Crippen molar-refractivity contribution in [3.8, 4) is 11.5 Å². The molecule has 5 rings (SSSR count). The van der Waals surface area contributed by atoms with Crippen LogP contribution in [0.4, 0.5) is 0 Å². The van der Waals surface area contributed by atoms with E-state index in [2.05, 4.69) is 39.5 Å². The van der Waals surface area contributed by atoms with Crippen molar-refractivity contribution in [3.05, 3.63) is 64.7 Å². The Morgan fingerprint density at radius 1 is 1.10 bits per heavy atom. The Hall–Kier alpha value is -2.58. The molecular formula is C31H41ClN4O3. The maximum absolute atomic E-state index is 13.5. The summed E-state index contributed by atoms with van der Waals surface area (Å²) < 4.78 is 10.9. The maximum atomic E-state index is 13.5. The molecule has 7 nitrogen and oxygen atoms in total. The highest BCUT2D eigenvalue weighted by Gasteiger charge is 2.40. The molecule has 0 radical (unpaired) electrons. The summed E-state index contributed by atoms with van der Waals surface area (Å²) in [5, 5.41) is 7.64. The fraction of sp³-hybridized carbons (Fsp3) is 0.516. The summed E-state index contributed by atoms with van der Waals surface area (Å²) in [5.74, 6) is 1.69. The van der Waals surface area contributed by atoms with Gasteiger partial charge < -0.3 is 25.0 Å². The van der Waals surface area contributed by atoms with Crippen molar-refractivity contribution in [1.82, 2.24) is 20.4 Å². The van der Waals surface area contributed by atoms with Gasteiger partial charge in [0.2, 0.25) is 12.7 Å². The number of fused-ring (bicyclic) bond motifs is 1. The third kappa shape index (κ3) is 7.54. The molecule has 3 heterocycles. The van der Waals surface area contributed by atoms with Crippen molar-refractivity contribution in [2.75, 3.05) is 46.1 Å². The number of amides is 1. The average molecular weight is 553 g/mol. The molecule has 2 atom stereocenters. The van der Waals surface area contributed by atoms with E-state index in [0.717, 1.165) is 79.5 Å². The second-order valence-electron chi connectivity index (χ2n) is 10.8. The Labute approximate surface area is 237 Å². The minimum absolute atomic E-state index is 0.126. The van der Waals surface area contributed by atoms with Gasteiger partial charge >= 0.3 is 0 Å². The molecule has 3 aliphatic rings. The molecule has 2 aromatic rings. The normalized spacial score (nSPS) is 22.4. The van der Waals surface area contributed by atoms with Crippen molar-refractivity contribution in [2.24, 2.45) is 0 Å². The molecule has 2 saturated heterocycles. The first-order chi connectivity index (χ1) is 19.1. The molecule has 1 amide bonds. The second-order valence-corrected chi connectivity index (χ2v) is 11.3. The van der Waals surface area contributed by atoms with E-state index >= 15 is 0 Å². The van der Waals surface area contributed by atoms with Gasteiger partial charge in [0.1, 0.15) is 0 Å². The lowest BCUT2D eigenvalue weighted by atomic mass is 10.0. The van der Waals surface area contributed by atoms with Crippen LogP contribution in [0.3, 0.4) is 0 Å². The van der Waals surface area contributed by atoms with Crippen LogP contribution in [-0.4, -0.2) is 79.9 Å². The van der Waals surface area contributed by atoms with Gasteiger partial charge in [0.25, 0.3) is 0 Å². The number of piperidine rings is 1. The summed E-state index contributed by atoms with van der Waals surface area (Å²) in [6.45, 7) is 7.95. The zero-order chi connectivity index (χ0) is 27.0. The van der Waals surface area contributed by atoms with E-state index in [9.17, 15) is 4.79 Å². The molecule has 2 fully saturated rings. The van der Waals surface area contributed by atoms with E-state index in [-0.39, 0.29) is 24.8 Å². The van der Waals surface area contributed by atoms with E-state index in [0.29, 0.717) is 19.1 Å². The lowest BCUT2D eigenvalue weighted by Gasteiger charge is -2.39. The zero-order valence-corrected chi connectivity index (χ0v) is 23.7. The lowest BCUT2D eigenvalue weighted by Crippen LogP contribution is -2.51. The molecule has 0 aliphatic carbocycles. The van der Waals surface area contributed by atoms with Crippen molar-refractivity contribution in [2.45, 2.75) is 57.2 Å². The van der Waals surface area contributed by atoms with Crippen molar-refractivity contribution >= 4 is 23.6 Å². The van der Waals surface area contributed by atoms with Gasteiger partial charge in [0.15, 0.2) is 11.5 Å². The summed E-state index contributed by atoms with van der Waals surface area (Å²) in [6, 6.07) is 16.7. The molecule has 8 heteroatoms. The van der Waals surface area contributed by atoms with E-state index in [4.69, 9.17) is 21.1 Å². The van der Waals surface area contributed by atoms with Crippen LogP contribution >= 0.6 is 11.6 Å². The smallest absolute Gasteiger partial charge is 0.237 e. The molecule has 0 bridgehead atoms. The maximum Gasteiger partial charge on any atom is 0.237 e. The van der Waals surface area contributed by atoms with E-state index < -0.39 is 0 Å². The third-order valence-corrected chi connectivity index (χ3v) is 8.28. The van der Waals surface area contributed by atoms with E-state index in [1.807, 2.05) is 42.5 Å². The molecular weight excluding hydrogens is 512 g/mol. The van der Waals surface area contributed by atoms with Gasteiger partial charge in [-0.05, 0) is 81.1 Å². The average Bonchev–Trinajstić information content (AvgIpc) is 3.60. The Kier molecular flexibility index (Phi) is 9.80. The van der Waals surface area contributed by atoms with Gasteiger partial charge in [-0.25, -0.2) is 0 Å². The predicted molar refractivity (Wildman–Crippen MR) is 156 cm³/mol. The van der Waals surface area contributed by atoms with E-state index in [1.165, 1.54) is 6.42 Å². The molecule has 3 aliphatic heterocycles. The van der Waals surface area contributed by atoms with Crippen LogP contribution in [0, 0.1) is 0 Å². The summed E-state index contributed by atoms with van der Waals surface area (Å²) in [5.41, 5.74) is 2.22. The molecule has 2 aromatic carbocycles. The number of benzene rings is 2. The van der Waals surface area contributed by atoms with Crippen LogP contribution in [0.15, 0.2) is 53.6 Å². The van der Waals surface area contributed by atoms with Gasteiger partial charge in [-0.1, -0.05) is 54.9 Å². The number of likely N-dealkylation sites (tertiary alicyclic amines) is 2. The first-order valence-electron chi connectivity index (χ1n) is 14.4. The highest BCUT2D eigenvalue weighted by molar-refractivity contribution is 6.31. The molecule has 210 valence electrons. The molecule has 0 unspecified atom stereocenters. The van der Waals surface area contributed by atoms with Gasteiger partial charge in [-0.15, -0.1) is 0 Å².